The molecule has 0 aromatic heterocycles. The minimum Gasteiger partial charge on any atom is -0.337 e. The summed E-state index contributed by atoms with van der Waals surface area (Å²) in [7, 11) is 1.79. The molecule has 0 N–H and O–H groups in total. The molecule has 0 atom stereocenters. The lowest BCUT2D eigenvalue weighted by atomic mass is 10.1. The van der Waals surface area contributed by atoms with Gasteiger partial charge in [0.25, 0.3) is 5.91 Å². The van der Waals surface area contributed by atoms with Gasteiger partial charge >= 0.3 is 0 Å². The van der Waals surface area contributed by atoms with Crippen molar-refractivity contribution in [3.63, 3.8) is 0 Å². The van der Waals surface area contributed by atoms with E-state index in [4.69, 9.17) is 0 Å². The van der Waals surface area contributed by atoms with Gasteiger partial charge in [0.15, 0.2) is 0 Å². The van der Waals surface area contributed by atoms with E-state index in [0.29, 0.717) is 18.5 Å². The number of anilines is 1. The molecule has 1 fully saturated rings. The summed E-state index contributed by atoms with van der Waals surface area (Å²) in [5.74, 6) is 0.0922. The maximum Gasteiger partial charge on any atom is 0.253 e. The zero-order valence-electron chi connectivity index (χ0n) is 13.2. The van der Waals surface area contributed by atoms with Crippen LogP contribution in [-0.2, 0) is 11.3 Å². The zero-order chi connectivity index (χ0) is 16.2. The number of rotatable bonds is 4. The summed E-state index contributed by atoms with van der Waals surface area (Å²) >= 11 is 0. The molecule has 3 rings (SSSR count). The Morgan fingerprint density at radius 2 is 1.91 bits per heavy atom. The molecular weight excluding hydrogens is 288 g/mol. The van der Waals surface area contributed by atoms with Gasteiger partial charge in [-0.25, -0.2) is 0 Å². The summed E-state index contributed by atoms with van der Waals surface area (Å²) in [5.41, 5.74) is 2.52. The average Bonchev–Trinajstić information content (AvgIpc) is 3.01. The van der Waals surface area contributed by atoms with Crippen LogP contribution in [0.15, 0.2) is 54.6 Å². The summed E-state index contributed by atoms with van der Waals surface area (Å²) < 4.78 is 0. The smallest absolute Gasteiger partial charge is 0.253 e. The quantitative estimate of drug-likeness (QED) is 0.871. The Bertz CT molecular complexity index is 712. The molecule has 1 aliphatic rings. The molecule has 0 spiro atoms. The molecular formula is C19H20N2O2. The van der Waals surface area contributed by atoms with Crippen molar-refractivity contribution in [2.75, 3.05) is 18.5 Å². The van der Waals surface area contributed by atoms with Crippen LogP contribution < -0.4 is 4.90 Å². The van der Waals surface area contributed by atoms with Crippen LogP contribution >= 0.6 is 0 Å². The van der Waals surface area contributed by atoms with E-state index in [1.54, 1.807) is 22.9 Å². The van der Waals surface area contributed by atoms with Gasteiger partial charge in [-0.05, 0) is 30.2 Å². The highest BCUT2D eigenvalue weighted by Crippen LogP contribution is 2.23. The fourth-order valence-corrected chi connectivity index (χ4v) is 2.88. The molecule has 2 aromatic carbocycles. The van der Waals surface area contributed by atoms with Crippen LogP contribution in [0.4, 0.5) is 5.69 Å². The first kappa shape index (κ1) is 15.3. The minimum absolute atomic E-state index is 0.0395. The normalized spacial score (nSPS) is 14.1. The van der Waals surface area contributed by atoms with Crippen molar-refractivity contribution in [2.45, 2.75) is 19.4 Å². The Labute approximate surface area is 136 Å². The molecule has 1 saturated heterocycles. The van der Waals surface area contributed by atoms with E-state index < -0.39 is 0 Å². The molecule has 23 heavy (non-hydrogen) atoms. The maximum atomic E-state index is 12.6. The Kier molecular flexibility index (Phi) is 4.42. The highest BCUT2D eigenvalue weighted by Gasteiger charge is 2.22. The molecule has 2 aromatic rings. The number of hydrogen-bond acceptors (Lipinski definition) is 2. The largest absolute Gasteiger partial charge is 0.337 e. The van der Waals surface area contributed by atoms with Crippen molar-refractivity contribution in [3.8, 4) is 0 Å². The van der Waals surface area contributed by atoms with Crippen LogP contribution in [0.1, 0.15) is 28.8 Å². The molecule has 4 heteroatoms. The van der Waals surface area contributed by atoms with Gasteiger partial charge in [0.2, 0.25) is 5.91 Å². The molecule has 0 saturated carbocycles. The van der Waals surface area contributed by atoms with Crippen molar-refractivity contribution in [1.82, 2.24) is 4.90 Å². The third-order valence-corrected chi connectivity index (χ3v) is 4.09. The molecule has 0 unspecified atom stereocenters. The van der Waals surface area contributed by atoms with Crippen molar-refractivity contribution < 1.29 is 9.59 Å². The second-order valence-electron chi connectivity index (χ2n) is 5.85. The highest BCUT2D eigenvalue weighted by molar-refractivity contribution is 5.99. The molecule has 0 aliphatic carbocycles. The number of amides is 2. The van der Waals surface area contributed by atoms with Gasteiger partial charge in [-0.3, -0.25) is 9.59 Å². The first-order valence-electron chi connectivity index (χ1n) is 7.85. The average molecular weight is 308 g/mol. The third-order valence-electron chi connectivity index (χ3n) is 4.09. The molecule has 4 nitrogen and oxygen atoms in total. The third kappa shape index (κ3) is 3.42. The fraction of sp³-hybridized carbons (Fsp3) is 0.263. The Morgan fingerprint density at radius 3 is 2.61 bits per heavy atom. The highest BCUT2D eigenvalue weighted by atomic mass is 16.2. The van der Waals surface area contributed by atoms with Crippen molar-refractivity contribution in [2.24, 2.45) is 0 Å². The Hall–Kier alpha value is -2.62. The predicted octanol–water partition coefficient (Wildman–Crippen LogP) is 3.09. The molecule has 1 heterocycles. The van der Waals surface area contributed by atoms with E-state index in [2.05, 4.69) is 0 Å². The first-order chi connectivity index (χ1) is 11.1. The lowest BCUT2D eigenvalue weighted by Gasteiger charge is -2.20. The molecule has 0 radical (unpaired) electrons. The number of benzene rings is 2. The number of nitrogens with zero attached hydrogens (tertiary/aromatic N) is 2. The summed E-state index contributed by atoms with van der Waals surface area (Å²) in [4.78, 5) is 27.9. The van der Waals surface area contributed by atoms with E-state index in [0.717, 1.165) is 24.2 Å². The topological polar surface area (TPSA) is 40.6 Å². The van der Waals surface area contributed by atoms with Crippen LogP contribution in [-0.4, -0.2) is 30.3 Å². The number of carbonyl (C=O) groups excluding carboxylic acids is 2. The Balaban J connectivity index is 1.75. The second kappa shape index (κ2) is 6.65. The summed E-state index contributed by atoms with van der Waals surface area (Å²) in [6, 6.07) is 17.2. The maximum absolute atomic E-state index is 12.6. The molecule has 2 amide bonds. The van der Waals surface area contributed by atoms with Gasteiger partial charge in [0.1, 0.15) is 0 Å². The van der Waals surface area contributed by atoms with Crippen molar-refractivity contribution in [3.05, 3.63) is 65.7 Å². The molecule has 1 aliphatic heterocycles. The van der Waals surface area contributed by atoms with E-state index in [9.17, 15) is 9.59 Å². The first-order valence-corrected chi connectivity index (χ1v) is 7.85. The van der Waals surface area contributed by atoms with Gasteiger partial charge < -0.3 is 9.80 Å². The lowest BCUT2D eigenvalue weighted by Crippen LogP contribution is -2.27. The zero-order valence-corrected chi connectivity index (χ0v) is 13.2. The van der Waals surface area contributed by atoms with Crippen molar-refractivity contribution >= 4 is 17.5 Å². The summed E-state index contributed by atoms with van der Waals surface area (Å²) in [5, 5.41) is 0. The standard InChI is InChI=1S/C19H20N2O2/c1-20(14-15-7-3-2-4-8-15)19(23)16-9-5-10-17(13-16)21-12-6-11-18(21)22/h2-5,7-10,13H,6,11-12,14H2,1H3. The van der Waals surface area contributed by atoms with Gasteiger partial charge in [-0.2, -0.15) is 0 Å². The van der Waals surface area contributed by atoms with E-state index in [1.807, 2.05) is 48.5 Å². The number of hydrogen-bond donors (Lipinski definition) is 0. The van der Waals surface area contributed by atoms with Crippen LogP contribution in [0.3, 0.4) is 0 Å². The van der Waals surface area contributed by atoms with E-state index >= 15 is 0 Å². The van der Waals surface area contributed by atoms with E-state index in [1.165, 1.54) is 0 Å². The van der Waals surface area contributed by atoms with E-state index in [-0.39, 0.29) is 11.8 Å². The van der Waals surface area contributed by atoms with Gasteiger partial charge in [0, 0.05) is 37.8 Å². The number of carbonyl (C=O) groups is 2. The van der Waals surface area contributed by atoms with Crippen LogP contribution in [0, 0.1) is 0 Å². The fourth-order valence-electron chi connectivity index (χ4n) is 2.88. The van der Waals surface area contributed by atoms with Crippen LogP contribution in [0.5, 0.6) is 0 Å². The minimum atomic E-state index is -0.0395. The monoisotopic (exact) mass is 308 g/mol. The summed E-state index contributed by atoms with van der Waals surface area (Å²) in [6.45, 7) is 1.29. The van der Waals surface area contributed by atoms with Gasteiger partial charge in [-0.1, -0.05) is 36.4 Å². The van der Waals surface area contributed by atoms with Gasteiger partial charge in [-0.15, -0.1) is 0 Å². The summed E-state index contributed by atoms with van der Waals surface area (Å²) in [6.07, 6.45) is 1.47. The molecule has 0 bridgehead atoms. The Morgan fingerprint density at radius 1 is 1.13 bits per heavy atom. The van der Waals surface area contributed by atoms with Crippen LogP contribution in [0.2, 0.25) is 0 Å². The van der Waals surface area contributed by atoms with Gasteiger partial charge in [0.05, 0.1) is 0 Å². The molecule has 118 valence electrons. The lowest BCUT2D eigenvalue weighted by molar-refractivity contribution is -0.117. The second-order valence-corrected chi connectivity index (χ2v) is 5.85. The predicted molar refractivity (Wildman–Crippen MR) is 90.3 cm³/mol. The van der Waals surface area contributed by atoms with Crippen LogP contribution in [0.25, 0.3) is 0 Å². The van der Waals surface area contributed by atoms with Crippen molar-refractivity contribution in [1.29, 1.82) is 0 Å². The SMILES string of the molecule is CN(Cc1ccccc1)C(=O)c1cccc(N2CCCC2=O)c1.